The molecule has 2 N–H and O–H groups in total. The normalized spacial score (nSPS) is 22.7. The SMILES string of the molecule is CC1(C)CC(=O)C2=C(C1)OC(N)=C(C#N)C2c1cnn(CC(F)F)c1. The lowest BCUT2D eigenvalue weighted by Gasteiger charge is -2.36. The van der Waals surface area contributed by atoms with E-state index in [-0.39, 0.29) is 22.7 Å². The van der Waals surface area contributed by atoms with Gasteiger partial charge in [0.25, 0.3) is 6.43 Å². The number of nitrogens with two attached hydrogens (primary N) is 1. The molecule has 0 saturated heterocycles. The number of alkyl halides is 2. The molecule has 0 spiro atoms. The van der Waals surface area contributed by atoms with Gasteiger partial charge in [-0.2, -0.15) is 10.4 Å². The van der Waals surface area contributed by atoms with Gasteiger partial charge in [0.1, 0.15) is 23.9 Å². The molecule has 8 heteroatoms. The molecule has 0 fully saturated rings. The average Bonchev–Trinajstić information content (AvgIpc) is 2.91. The molecule has 3 rings (SSSR count). The van der Waals surface area contributed by atoms with Crippen LogP contribution in [-0.2, 0) is 16.1 Å². The molecule has 1 aromatic heterocycles. The van der Waals surface area contributed by atoms with E-state index in [1.54, 1.807) is 0 Å². The molecule has 0 saturated carbocycles. The topological polar surface area (TPSA) is 93.9 Å². The summed E-state index contributed by atoms with van der Waals surface area (Å²) in [5.74, 6) is -0.468. The summed E-state index contributed by atoms with van der Waals surface area (Å²) in [4.78, 5) is 12.7. The predicted molar refractivity (Wildman–Crippen MR) is 83.9 cm³/mol. The Balaban J connectivity index is 2.08. The predicted octanol–water partition coefficient (Wildman–Crippen LogP) is 2.60. The number of hydrogen-bond acceptors (Lipinski definition) is 5. The molecule has 0 aromatic carbocycles. The van der Waals surface area contributed by atoms with E-state index in [0.717, 1.165) is 4.68 Å². The Morgan fingerprint density at radius 2 is 2.24 bits per heavy atom. The molecule has 1 aromatic rings. The van der Waals surface area contributed by atoms with Crippen LogP contribution >= 0.6 is 0 Å². The first-order valence-electron chi connectivity index (χ1n) is 7.86. The summed E-state index contributed by atoms with van der Waals surface area (Å²) in [7, 11) is 0. The number of carbonyl (C=O) groups excluding carboxylic acids is 1. The molecule has 2 aliphatic rings. The van der Waals surface area contributed by atoms with E-state index in [1.807, 2.05) is 19.9 Å². The first-order chi connectivity index (χ1) is 11.7. The third-order valence-electron chi connectivity index (χ3n) is 4.39. The van der Waals surface area contributed by atoms with E-state index in [0.29, 0.717) is 29.7 Å². The Kier molecular flexibility index (Phi) is 4.11. The summed E-state index contributed by atoms with van der Waals surface area (Å²) < 4.78 is 31.8. The highest BCUT2D eigenvalue weighted by molar-refractivity contribution is 6.00. The monoisotopic (exact) mass is 348 g/mol. The van der Waals surface area contributed by atoms with E-state index in [2.05, 4.69) is 5.10 Å². The Labute approximate surface area is 143 Å². The van der Waals surface area contributed by atoms with Crippen LogP contribution in [0.5, 0.6) is 0 Å². The van der Waals surface area contributed by atoms with Crippen molar-refractivity contribution in [1.82, 2.24) is 9.78 Å². The van der Waals surface area contributed by atoms with Gasteiger partial charge in [-0.15, -0.1) is 0 Å². The standard InChI is InChI=1S/C17H18F2N4O2/c1-17(2)3-11(24)15-12(4-17)25-16(21)10(5-20)14(15)9-6-22-23(7-9)8-13(18)19/h6-7,13-14H,3-4,8,21H2,1-2H3. The minimum atomic E-state index is -2.55. The molecule has 1 aliphatic carbocycles. The van der Waals surface area contributed by atoms with Crippen molar-refractivity contribution < 1.29 is 18.3 Å². The third-order valence-corrected chi connectivity index (χ3v) is 4.39. The fourth-order valence-electron chi connectivity index (χ4n) is 3.39. The van der Waals surface area contributed by atoms with Gasteiger partial charge in [-0.25, -0.2) is 8.78 Å². The van der Waals surface area contributed by atoms with Crippen LogP contribution < -0.4 is 5.73 Å². The Bertz CT molecular complexity index is 830. The number of hydrogen-bond donors (Lipinski definition) is 1. The largest absolute Gasteiger partial charge is 0.444 e. The fraction of sp³-hybridized carbons (Fsp3) is 0.471. The number of allylic oxidation sites excluding steroid dienone is 3. The molecule has 0 radical (unpaired) electrons. The van der Waals surface area contributed by atoms with Crippen molar-refractivity contribution in [1.29, 1.82) is 5.26 Å². The molecular formula is C17H18F2N4O2. The molecule has 2 heterocycles. The maximum atomic E-state index is 12.7. The number of ketones is 1. The van der Waals surface area contributed by atoms with Crippen LogP contribution in [0.4, 0.5) is 8.78 Å². The quantitative estimate of drug-likeness (QED) is 0.906. The summed E-state index contributed by atoms with van der Waals surface area (Å²) in [5, 5.41) is 13.4. The van der Waals surface area contributed by atoms with Gasteiger partial charge in [-0.1, -0.05) is 13.8 Å². The lowest BCUT2D eigenvalue weighted by Crippen LogP contribution is -2.33. The van der Waals surface area contributed by atoms with E-state index < -0.39 is 18.9 Å². The first kappa shape index (κ1) is 17.1. The summed E-state index contributed by atoms with van der Waals surface area (Å²) in [5.41, 5.74) is 6.57. The van der Waals surface area contributed by atoms with Crippen molar-refractivity contribution in [3.63, 3.8) is 0 Å². The van der Waals surface area contributed by atoms with E-state index in [9.17, 15) is 18.8 Å². The second-order valence-corrected chi connectivity index (χ2v) is 7.09. The molecular weight excluding hydrogens is 330 g/mol. The van der Waals surface area contributed by atoms with Crippen molar-refractivity contribution in [2.45, 2.75) is 45.6 Å². The number of carbonyl (C=O) groups is 1. The average molecular weight is 348 g/mol. The minimum Gasteiger partial charge on any atom is -0.444 e. The van der Waals surface area contributed by atoms with E-state index >= 15 is 0 Å². The Morgan fingerprint density at radius 1 is 1.52 bits per heavy atom. The van der Waals surface area contributed by atoms with Crippen LogP contribution in [0.1, 0.15) is 38.2 Å². The molecule has 0 bridgehead atoms. The summed E-state index contributed by atoms with van der Waals surface area (Å²) in [6, 6.07) is 1.98. The van der Waals surface area contributed by atoms with Crippen molar-refractivity contribution in [3.8, 4) is 6.07 Å². The zero-order chi connectivity index (χ0) is 18.4. The Morgan fingerprint density at radius 3 is 2.88 bits per heavy atom. The van der Waals surface area contributed by atoms with Crippen molar-refractivity contribution in [3.05, 3.63) is 40.7 Å². The maximum absolute atomic E-state index is 12.7. The highest BCUT2D eigenvalue weighted by atomic mass is 19.3. The van der Waals surface area contributed by atoms with Crippen LogP contribution in [0.25, 0.3) is 0 Å². The number of ether oxygens (including phenoxy) is 1. The Hall–Kier alpha value is -2.69. The number of halogens is 2. The molecule has 1 aliphatic heterocycles. The second kappa shape index (κ2) is 5.99. The molecule has 25 heavy (non-hydrogen) atoms. The van der Waals surface area contributed by atoms with Gasteiger partial charge in [0.05, 0.1) is 12.1 Å². The highest BCUT2D eigenvalue weighted by Crippen LogP contribution is 2.47. The molecule has 132 valence electrons. The number of Topliss-reactive ketones (excluding diaryl/α,β-unsaturated/α-hetero) is 1. The van der Waals surface area contributed by atoms with Gasteiger partial charge in [-0.05, 0) is 5.41 Å². The number of rotatable bonds is 3. The molecule has 1 unspecified atom stereocenters. The van der Waals surface area contributed by atoms with E-state index in [4.69, 9.17) is 10.5 Å². The highest BCUT2D eigenvalue weighted by Gasteiger charge is 2.43. The number of aromatic nitrogens is 2. The smallest absolute Gasteiger partial charge is 0.257 e. The summed E-state index contributed by atoms with van der Waals surface area (Å²) in [6.07, 6.45) is 1.08. The van der Waals surface area contributed by atoms with Crippen molar-refractivity contribution in [2.24, 2.45) is 11.1 Å². The summed E-state index contributed by atoms with van der Waals surface area (Å²) in [6.45, 7) is 3.35. The first-order valence-corrected chi connectivity index (χ1v) is 7.86. The van der Waals surface area contributed by atoms with Gasteiger partial charge < -0.3 is 10.5 Å². The van der Waals surface area contributed by atoms with Gasteiger partial charge in [0, 0.05) is 30.2 Å². The van der Waals surface area contributed by atoms with Crippen LogP contribution in [0.2, 0.25) is 0 Å². The van der Waals surface area contributed by atoms with Gasteiger partial charge >= 0.3 is 0 Å². The number of nitriles is 1. The van der Waals surface area contributed by atoms with Crippen molar-refractivity contribution in [2.75, 3.05) is 0 Å². The second-order valence-electron chi connectivity index (χ2n) is 7.09. The van der Waals surface area contributed by atoms with Crippen LogP contribution in [0.3, 0.4) is 0 Å². The van der Waals surface area contributed by atoms with Gasteiger partial charge in [0.2, 0.25) is 5.88 Å². The maximum Gasteiger partial charge on any atom is 0.257 e. The minimum absolute atomic E-state index is 0.0571. The molecule has 0 amide bonds. The number of nitrogens with zero attached hydrogens (tertiary/aromatic N) is 3. The van der Waals surface area contributed by atoms with Crippen LogP contribution in [0.15, 0.2) is 35.2 Å². The zero-order valence-electron chi connectivity index (χ0n) is 13.9. The fourth-order valence-corrected chi connectivity index (χ4v) is 3.39. The van der Waals surface area contributed by atoms with Gasteiger partial charge in [-0.3, -0.25) is 9.48 Å². The van der Waals surface area contributed by atoms with Gasteiger partial charge in [0.15, 0.2) is 5.78 Å². The van der Waals surface area contributed by atoms with Crippen LogP contribution in [0, 0.1) is 16.7 Å². The van der Waals surface area contributed by atoms with Crippen LogP contribution in [-0.4, -0.2) is 22.0 Å². The van der Waals surface area contributed by atoms with Crippen molar-refractivity contribution >= 4 is 5.78 Å². The summed E-state index contributed by atoms with van der Waals surface area (Å²) >= 11 is 0. The lowest BCUT2D eigenvalue weighted by molar-refractivity contribution is -0.119. The lowest BCUT2D eigenvalue weighted by atomic mass is 9.70. The third kappa shape index (κ3) is 3.14. The van der Waals surface area contributed by atoms with E-state index in [1.165, 1.54) is 12.4 Å². The molecule has 1 atom stereocenters. The zero-order valence-corrected chi connectivity index (χ0v) is 13.9. The molecule has 6 nitrogen and oxygen atoms in total.